The number of piperidine rings is 1. The zero-order valence-electron chi connectivity index (χ0n) is 13.7. The predicted octanol–water partition coefficient (Wildman–Crippen LogP) is 1.94. The van der Waals surface area contributed by atoms with Crippen LogP contribution in [-0.4, -0.2) is 45.0 Å². The van der Waals surface area contributed by atoms with Gasteiger partial charge in [-0.05, 0) is 43.9 Å². The molecule has 1 aromatic carbocycles. The van der Waals surface area contributed by atoms with E-state index in [1.807, 2.05) is 32.0 Å². The minimum absolute atomic E-state index is 0.0120. The summed E-state index contributed by atoms with van der Waals surface area (Å²) < 4.78 is 24.8. The number of anilines is 1. The van der Waals surface area contributed by atoms with E-state index in [2.05, 4.69) is 0 Å². The second kappa shape index (κ2) is 6.38. The SMILES string of the molecule is Cc1cccc(N(C)C(=O)[C@H]2CCCN(S(C)(=O)=O)C2)c1C. The van der Waals surface area contributed by atoms with E-state index in [-0.39, 0.29) is 18.4 Å². The molecule has 2 rings (SSSR count). The normalized spacial score (nSPS) is 19.9. The fourth-order valence-corrected chi connectivity index (χ4v) is 3.85. The lowest BCUT2D eigenvalue weighted by molar-refractivity contribution is -0.123. The second-order valence-electron chi connectivity index (χ2n) is 6.08. The van der Waals surface area contributed by atoms with Crippen LogP contribution in [0.25, 0.3) is 0 Å². The molecule has 1 aliphatic rings. The Bertz CT molecular complexity index is 670. The number of carbonyl (C=O) groups excluding carboxylic acids is 1. The lowest BCUT2D eigenvalue weighted by atomic mass is 9.97. The van der Waals surface area contributed by atoms with Gasteiger partial charge in [-0.1, -0.05) is 12.1 Å². The van der Waals surface area contributed by atoms with Crippen molar-refractivity contribution in [3.8, 4) is 0 Å². The maximum atomic E-state index is 12.7. The average molecular weight is 324 g/mol. The minimum atomic E-state index is -3.23. The summed E-state index contributed by atoms with van der Waals surface area (Å²) in [6.07, 6.45) is 2.67. The third-order valence-electron chi connectivity index (χ3n) is 4.47. The molecule has 122 valence electrons. The van der Waals surface area contributed by atoms with Crippen LogP contribution in [0.5, 0.6) is 0 Å². The summed E-state index contributed by atoms with van der Waals surface area (Å²) in [5, 5.41) is 0. The van der Waals surface area contributed by atoms with Gasteiger partial charge in [-0.25, -0.2) is 12.7 Å². The summed E-state index contributed by atoms with van der Waals surface area (Å²) >= 11 is 0. The van der Waals surface area contributed by atoms with Crippen molar-refractivity contribution >= 4 is 21.6 Å². The van der Waals surface area contributed by atoms with Crippen LogP contribution in [0.4, 0.5) is 5.69 Å². The van der Waals surface area contributed by atoms with E-state index in [4.69, 9.17) is 0 Å². The highest BCUT2D eigenvalue weighted by Gasteiger charge is 2.32. The molecule has 5 nitrogen and oxygen atoms in total. The van der Waals surface area contributed by atoms with E-state index in [0.717, 1.165) is 29.7 Å². The lowest BCUT2D eigenvalue weighted by Gasteiger charge is -2.33. The topological polar surface area (TPSA) is 57.7 Å². The van der Waals surface area contributed by atoms with Gasteiger partial charge in [-0.3, -0.25) is 4.79 Å². The van der Waals surface area contributed by atoms with Crippen molar-refractivity contribution in [2.45, 2.75) is 26.7 Å². The molecule has 1 heterocycles. The van der Waals surface area contributed by atoms with Crippen LogP contribution in [0.15, 0.2) is 18.2 Å². The van der Waals surface area contributed by atoms with Gasteiger partial charge in [0.2, 0.25) is 15.9 Å². The Morgan fingerprint density at radius 1 is 1.32 bits per heavy atom. The standard InChI is InChI=1S/C16H24N2O3S/c1-12-7-5-9-15(13(12)2)17(3)16(19)14-8-6-10-18(11-14)22(4,20)21/h5,7,9,14H,6,8,10-11H2,1-4H3/t14-/m0/s1. The lowest BCUT2D eigenvalue weighted by Crippen LogP contribution is -2.45. The quantitative estimate of drug-likeness (QED) is 0.854. The van der Waals surface area contributed by atoms with E-state index in [1.54, 1.807) is 11.9 Å². The van der Waals surface area contributed by atoms with E-state index < -0.39 is 10.0 Å². The van der Waals surface area contributed by atoms with Gasteiger partial charge in [0.1, 0.15) is 0 Å². The van der Waals surface area contributed by atoms with Crippen LogP contribution in [0.1, 0.15) is 24.0 Å². The number of carbonyl (C=O) groups is 1. The van der Waals surface area contributed by atoms with E-state index in [1.165, 1.54) is 10.6 Å². The van der Waals surface area contributed by atoms with Crippen molar-refractivity contribution in [3.63, 3.8) is 0 Å². The van der Waals surface area contributed by atoms with Crippen molar-refractivity contribution in [1.29, 1.82) is 0 Å². The Morgan fingerprint density at radius 2 is 2.00 bits per heavy atom. The van der Waals surface area contributed by atoms with Crippen LogP contribution in [-0.2, 0) is 14.8 Å². The fraction of sp³-hybridized carbons (Fsp3) is 0.562. The van der Waals surface area contributed by atoms with Gasteiger partial charge in [-0.2, -0.15) is 0 Å². The maximum absolute atomic E-state index is 12.7. The number of sulfonamides is 1. The first-order valence-corrected chi connectivity index (χ1v) is 9.35. The van der Waals surface area contributed by atoms with Gasteiger partial charge in [0.05, 0.1) is 12.2 Å². The molecule has 0 aliphatic carbocycles. The van der Waals surface area contributed by atoms with Crippen molar-refractivity contribution in [1.82, 2.24) is 4.31 Å². The number of benzene rings is 1. The van der Waals surface area contributed by atoms with Crippen LogP contribution >= 0.6 is 0 Å². The fourth-order valence-electron chi connectivity index (χ4n) is 2.94. The van der Waals surface area contributed by atoms with Gasteiger partial charge in [-0.15, -0.1) is 0 Å². The Morgan fingerprint density at radius 3 is 2.64 bits per heavy atom. The number of hydrogen-bond acceptors (Lipinski definition) is 3. The average Bonchev–Trinajstić information content (AvgIpc) is 2.48. The van der Waals surface area contributed by atoms with Gasteiger partial charge >= 0.3 is 0 Å². The van der Waals surface area contributed by atoms with E-state index >= 15 is 0 Å². The molecule has 6 heteroatoms. The molecule has 1 aliphatic heterocycles. The maximum Gasteiger partial charge on any atom is 0.231 e. The predicted molar refractivity (Wildman–Crippen MR) is 88.5 cm³/mol. The molecular formula is C16H24N2O3S. The molecule has 0 bridgehead atoms. The molecule has 0 N–H and O–H groups in total. The first-order valence-electron chi connectivity index (χ1n) is 7.50. The van der Waals surface area contributed by atoms with E-state index in [0.29, 0.717) is 6.54 Å². The van der Waals surface area contributed by atoms with Gasteiger partial charge in [0.15, 0.2) is 0 Å². The molecule has 1 amide bonds. The largest absolute Gasteiger partial charge is 0.315 e. The zero-order valence-corrected chi connectivity index (χ0v) is 14.5. The summed E-state index contributed by atoms with van der Waals surface area (Å²) in [7, 11) is -1.47. The first kappa shape index (κ1) is 17.0. The highest BCUT2D eigenvalue weighted by Crippen LogP contribution is 2.26. The molecule has 1 aromatic rings. The Hall–Kier alpha value is -1.40. The molecule has 0 unspecified atom stereocenters. The van der Waals surface area contributed by atoms with Crippen LogP contribution in [0.3, 0.4) is 0 Å². The number of nitrogens with zero attached hydrogens (tertiary/aromatic N) is 2. The molecular weight excluding hydrogens is 300 g/mol. The van der Waals surface area contributed by atoms with Crippen LogP contribution < -0.4 is 4.90 Å². The third-order valence-corrected chi connectivity index (χ3v) is 5.74. The zero-order chi connectivity index (χ0) is 16.5. The molecule has 0 radical (unpaired) electrons. The smallest absolute Gasteiger partial charge is 0.231 e. The number of amides is 1. The minimum Gasteiger partial charge on any atom is -0.315 e. The monoisotopic (exact) mass is 324 g/mol. The summed E-state index contributed by atoms with van der Waals surface area (Å²) in [5.74, 6) is -0.282. The van der Waals surface area contributed by atoms with Crippen molar-refractivity contribution in [2.24, 2.45) is 5.92 Å². The molecule has 22 heavy (non-hydrogen) atoms. The number of hydrogen-bond donors (Lipinski definition) is 0. The van der Waals surface area contributed by atoms with Crippen LogP contribution in [0, 0.1) is 19.8 Å². The van der Waals surface area contributed by atoms with Gasteiger partial charge in [0, 0.05) is 25.8 Å². The Kier molecular flexibility index (Phi) is 4.92. The number of rotatable bonds is 3. The summed E-state index contributed by atoms with van der Waals surface area (Å²) in [6.45, 7) is 4.81. The molecule has 0 aromatic heterocycles. The summed E-state index contributed by atoms with van der Waals surface area (Å²) in [6, 6.07) is 5.88. The second-order valence-corrected chi connectivity index (χ2v) is 8.06. The molecule has 1 atom stereocenters. The Balaban J connectivity index is 2.18. The first-order chi connectivity index (χ1) is 10.2. The van der Waals surface area contributed by atoms with Crippen molar-refractivity contribution in [3.05, 3.63) is 29.3 Å². The Labute approximate surface area is 133 Å². The van der Waals surface area contributed by atoms with Gasteiger partial charge < -0.3 is 4.90 Å². The van der Waals surface area contributed by atoms with Crippen molar-refractivity contribution < 1.29 is 13.2 Å². The van der Waals surface area contributed by atoms with E-state index in [9.17, 15) is 13.2 Å². The summed E-state index contributed by atoms with van der Waals surface area (Å²) in [4.78, 5) is 14.4. The molecule has 0 spiro atoms. The highest BCUT2D eigenvalue weighted by molar-refractivity contribution is 7.88. The third kappa shape index (κ3) is 3.50. The molecule has 1 fully saturated rings. The highest BCUT2D eigenvalue weighted by atomic mass is 32.2. The number of aryl methyl sites for hydroxylation is 1. The molecule has 0 saturated carbocycles. The van der Waals surface area contributed by atoms with Crippen molar-refractivity contribution in [2.75, 3.05) is 31.3 Å². The van der Waals surface area contributed by atoms with Gasteiger partial charge in [0.25, 0.3) is 0 Å². The van der Waals surface area contributed by atoms with Crippen LogP contribution in [0.2, 0.25) is 0 Å². The molecule has 1 saturated heterocycles. The summed E-state index contributed by atoms with van der Waals surface area (Å²) in [5.41, 5.74) is 3.11.